The highest BCUT2D eigenvalue weighted by Gasteiger charge is 2.09. The molecule has 0 fully saturated rings. The first kappa shape index (κ1) is 12.8. The Morgan fingerprint density at radius 2 is 2.06 bits per heavy atom. The van der Waals surface area contributed by atoms with Gasteiger partial charge in [-0.1, -0.05) is 30.3 Å². The van der Waals surface area contributed by atoms with Crippen LogP contribution in [0.2, 0.25) is 0 Å². The molecule has 1 aromatic carbocycles. The molecule has 0 spiro atoms. The van der Waals surface area contributed by atoms with Crippen molar-refractivity contribution in [3.63, 3.8) is 0 Å². The van der Waals surface area contributed by atoms with Crippen LogP contribution in [0, 0.1) is 0 Å². The summed E-state index contributed by atoms with van der Waals surface area (Å²) in [5.41, 5.74) is 7.22. The quantitative estimate of drug-likeness (QED) is 0.847. The third-order valence-electron chi connectivity index (χ3n) is 3.43. The lowest BCUT2D eigenvalue weighted by Gasteiger charge is -2.14. The topological polar surface area (TPSA) is 43.8 Å². The van der Waals surface area contributed by atoms with Gasteiger partial charge >= 0.3 is 0 Å². The SMILES string of the molecule is Cn1ccnc1CCCC(CN)c1ccccc1. The second-order valence-electron chi connectivity index (χ2n) is 4.69. The van der Waals surface area contributed by atoms with Gasteiger partial charge in [-0.05, 0) is 30.9 Å². The molecule has 1 unspecified atom stereocenters. The van der Waals surface area contributed by atoms with Crippen molar-refractivity contribution >= 4 is 0 Å². The van der Waals surface area contributed by atoms with Crippen molar-refractivity contribution in [2.24, 2.45) is 12.8 Å². The van der Waals surface area contributed by atoms with Crippen molar-refractivity contribution in [3.05, 3.63) is 54.1 Å². The average molecular weight is 243 g/mol. The van der Waals surface area contributed by atoms with Crippen LogP contribution in [0.15, 0.2) is 42.7 Å². The van der Waals surface area contributed by atoms with E-state index in [0.717, 1.165) is 25.1 Å². The minimum atomic E-state index is 0.464. The summed E-state index contributed by atoms with van der Waals surface area (Å²) in [6, 6.07) is 10.5. The zero-order valence-electron chi connectivity index (χ0n) is 10.9. The highest BCUT2D eigenvalue weighted by Crippen LogP contribution is 2.20. The molecule has 0 aliphatic rings. The monoisotopic (exact) mass is 243 g/mol. The maximum absolute atomic E-state index is 5.87. The standard InChI is InChI=1S/C15H21N3/c1-18-11-10-17-15(18)9-5-8-14(12-16)13-6-3-2-4-7-13/h2-4,6-7,10-11,14H,5,8-9,12,16H2,1H3. The summed E-state index contributed by atoms with van der Waals surface area (Å²) in [6.45, 7) is 0.713. The molecule has 0 aliphatic carbocycles. The van der Waals surface area contributed by atoms with Crippen LogP contribution in [-0.4, -0.2) is 16.1 Å². The van der Waals surface area contributed by atoms with Crippen LogP contribution in [0.3, 0.4) is 0 Å². The Bertz CT molecular complexity index is 462. The maximum atomic E-state index is 5.87. The number of nitrogens with two attached hydrogens (primary N) is 1. The largest absolute Gasteiger partial charge is 0.338 e. The molecule has 0 saturated carbocycles. The van der Waals surface area contributed by atoms with E-state index in [0.29, 0.717) is 12.5 Å². The van der Waals surface area contributed by atoms with Crippen LogP contribution >= 0.6 is 0 Å². The van der Waals surface area contributed by atoms with Gasteiger partial charge < -0.3 is 10.3 Å². The molecule has 1 heterocycles. The van der Waals surface area contributed by atoms with Crippen LogP contribution in [0.5, 0.6) is 0 Å². The summed E-state index contributed by atoms with van der Waals surface area (Å²) in [5, 5.41) is 0. The van der Waals surface area contributed by atoms with E-state index < -0.39 is 0 Å². The fourth-order valence-electron chi connectivity index (χ4n) is 2.29. The van der Waals surface area contributed by atoms with Gasteiger partial charge in [-0.25, -0.2) is 4.98 Å². The van der Waals surface area contributed by atoms with Crippen molar-refractivity contribution in [2.45, 2.75) is 25.2 Å². The average Bonchev–Trinajstić information content (AvgIpc) is 2.81. The lowest BCUT2D eigenvalue weighted by atomic mass is 9.93. The van der Waals surface area contributed by atoms with E-state index in [1.54, 1.807) is 0 Å². The van der Waals surface area contributed by atoms with Crippen LogP contribution in [-0.2, 0) is 13.5 Å². The molecule has 1 aromatic heterocycles. The lowest BCUT2D eigenvalue weighted by molar-refractivity contribution is 0.584. The molecule has 0 radical (unpaired) electrons. The molecule has 1 atom stereocenters. The van der Waals surface area contributed by atoms with E-state index in [-0.39, 0.29) is 0 Å². The number of rotatable bonds is 6. The number of benzene rings is 1. The molecule has 96 valence electrons. The summed E-state index contributed by atoms with van der Waals surface area (Å²) in [4.78, 5) is 4.34. The molecule has 0 saturated heterocycles. The van der Waals surface area contributed by atoms with Gasteiger partial charge in [-0.3, -0.25) is 0 Å². The Morgan fingerprint density at radius 3 is 2.67 bits per heavy atom. The number of hydrogen-bond acceptors (Lipinski definition) is 2. The lowest BCUT2D eigenvalue weighted by Crippen LogP contribution is -2.13. The van der Waals surface area contributed by atoms with E-state index in [9.17, 15) is 0 Å². The first-order chi connectivity index (χ1) is 8.81. The second-order valence-corrected chi connectivity index (χ2v) is 4.69. The second kappa shape index (κ2) is 6.36. The van der Waals surface area contributed by atoms with Crippen LogP contribution in [0.25, 0.3) is 0 Å². The predicted octanol–water partition coefficient (Wildman–Crippen LogP) is 2.49. The van der Waals surface area contributed by atoms with Gasteiger partial charge in [0.15, 0.2) is 0 Å². The molecule has 2 N–H and O–H groups in total. The fraction of sp³-hybridized carbons (Fsp3) is 0.400. The minimum absolute atomic E-state index is 0.464. The van der Waals surface area contributed by atoms with E-state index >= 15 is 0 Å². The smallest absolute Gasteiger partial charge is 0.108 e. The van der Waals surface area contributed by atoms with E-state index in [1.807, 2.05) is 25.5 Å². The normalized spacial score (nSPS) is 12.6. The minimum Gasteiger partial charge on any atom is -0.338 e. The van der Waals surface area contributed by atoms with Crippen molar-refractivity contribution < 1.29 is 0 Å². The Hall–Kier alpha value is -1.61. The van der Waals surface area contributed by atoms with Crippen LogP contribution in [0.1, 0.15) is 30.1 Å². The Labute approximate surface area is 109 Å². The van der Waals surface area contributed by atoms with E-state index in [2.05, 4.69) is 33.8 Å². The molecule has 0 bridgehead atoms. The van der Waals surface area contributed by atoms with Gasteiger partial charge in [0.05, 0.1) is 0 Å². The third kappa shape index (κ3) is 3.20. The van der Waals surface area contributed by atoms with Gasteiger partial charge in [0, 0.05) is 25.9 Å². The molecular formula is C15H21N3. The third-order valence-corrected chi connectivity index (χ3v) is 3.43. The van der Waals surface area contributed by atoms with Gasteiger partial charge in [0.2, 0.25) is 0 Å². The number of imidazole rings is 1. The number of nitrogens with zero attached hydrogens (tertiary/aromatic N) is 2. The molecule has 18 heavy (non-hydrogen) atoms. The molecule has 0 amide bonds. The maximum Gasteiger partial charge on any atom is 0.108 e. The summed E-state index contributed by atoms with van der Waals surface area (Å²) in [5.74, 6) is 1.62. The first-order valence-corrected chi connectivity index (χ1v) is 6.52. The number of aryl methyl sites for hydroxylation is 2. The van der Waals surface area contributed by atoms with E-state index in [1.165, 1.54) is 5.56 Å². The Kier molecular flexibility index (Phi) is 4.53. The predicted molar refractivity (Wildman–Crippen MR) is 74.4 cm³/mol. The zero-order chi connectivity index (χ0) is 12.8. The van der Waals surface area contributed by atoms with Gasteiger partial charge in [0.25, 0.3) is 0 Å². The van der Waals surface area contributed by atoms with Crippen molar-refractivity contribution in [1.29, 1.82) is 0 Å². The molecular weight excluding hydrogens is 222 g/mol. The Morgan fingerprint density at radius 1 is 1.28 bits per heavy atom. The Balaban J connectivity index is 1.87. The highest BCUT2D eigenvalue weighted by atomic mass is 15.0. The van der Waals surface area contributed by atoms with Gasteiger partial charge in [-0.2, -0.15) is 0 Å². The zero-order valence-corrected chi connectivity index (χ0v) is 10.9. The molecule has 3 heteroatoms. The summed E-state index contributed by atoms with van der Waals surface area (Å²) in [7, 11) is 2.04. The summed E-state index contributed by atoms with van der Waals surface area (Å²) in [6.07, 6.45) is 7.11. The summed E-state index contributed by atoms with van der Waals surface area (Å²) < 4.78 is 2.08. The first-order valence-electron chi connectivity index (χ1n) is 6.52. The van der Waals surface area contributed by atoms with Crippen LogP contribution < -0.4 is 5.73 Å². The number of hydrogen-bond donors (Lipinski definition) is 1. The van der Waals surface area contributed by atoms with E-state index in [4.69, 9.17) is 5.73 Å². The van der Waals surface area contributed by atoms with Crippen LogP contribution in [0.4, 0.5) is 0 Å². The van der Waals surface area contributed by atoms with Crippen molar-refractivity contribution in [3.8, 4) is 0 Å². The van der Waals surface area contributed by atoms with Gasteiger partial charge in [0.1, 0.15) is 5.82 Å². The summed E-state index contributed by atoms with van der Waals surface area (Å²) >= 11 is 0. The molecule has 0 aliphatic heterocycles. The molecule has 2 rings (SSSR count). The number of aromatic nitrogens is 2. The van der Waals surface area contributed by atoms with Gasteiger partial charge in [-0.15, -0.1) is 0 Å². The molecule has 3 nitrogen and oxygen atoms in total. The van der Waals surface area contributed by atoms with Crippen molar-refractivity contribution in [2.75, 3.05) is 6.54 Å². The fourth-order valence-corrected chi connectivity index (χ4v) is 2.29. The molecule has 2 aromatic rings. The highest BCUT2D eigenvalue weighted by molar-refractivity contribution is 5.19. The van der Waals surface area contributed by atoms with Crippen molar-refractivity contribution in [1.82, 2.24) is 9.55 Å².